The Morgan fingerprint density at radius 1 is 1.12 bits per heavy atom. The number of rotatable bonds is 6. The normalized spacial score (nSPS) is 17.9. The summed E-state index contributed by atoms with van der Waals surface area (Å²) in [5, 5.41) is 4.15. The summed E-state index contributed by atoms with van der Waals surface area (Å²) < 4.78 is 32.1. The van der Waals surface area contributed by atoms with Crippen molar-refractivity contribution in [3.8, 4) is 0 Å². The Morgan fingerprint density at radius 2 is 1.75 bits per heavy atom. The van der Waals surface area contributed by atoms with Gasteiger partial charge in [-0.1, -0.05) is 6.07 Å². The van der Waals surface area contributed by atoms with Gasteiger partial charge in [-0.25, -0.2) is 9.03 Å². The number of hydrogen-bond donors (Lipinski definition) is 1. The first-order valence-corrected chi connectivity index (χ1v) is 12.4. The van der Waals surface area contributed by atoms with Gasteiger partial charge in [0.2, 0.25) is 5.91 Å². The molecule has 0 bridgehead atoms. The average molecular weight is 468 g/mol. The Morgan fingerprint density at radius 3 is 2.25 bits per heavy atom. The zero-order chi connectivity index (χ0) is 21.8. The molecule has 1 aromatic heterocycles. The van der Waals surface area contributed by atoms with Gasteiger partial charge >= 0.3 is 39.8 Å². The molecule has 0 saturated carbocycles. The van der Waals surface area contributed by atoms with Crippen LogP contribution in [0.2, 0.25) is 0 Å². The van der Waals surface area contributed by atoms with Crippen molar-refractivity contribution < 1.29 is 13.2 Å². The molecule has 1 N–H and O–H groups in total. The van der Waals surface area contributed by atoms with E-state index in [0.717, 1.165) is 44.3 Å². The maximum atomic E-state index is 13.4. The predicted molar refractivity (Wildman–Crippen MR) is 125 cm³/mol. The molecule has 8 nitrogen and oxygen atoms in total. The van der Waals surface area contributed by atoms with E-state index in [0.29, 0.717) is 18.5 Å². The molecule has 32 heavy (non-hydrogen) atoms. The summed E-state index contributed by atoms with van der Waals surface area (Å²) in [6.45, 7) is 1.63. The molecule has 3 aliphatic rings. The molecule has 2 heterocycles. The third-order valence-corrected chi connectivity index (χ3v) is 8.46. The molecule has 1 amide bonds. The number of nitrogens with zero attached hydrogens (tertiary/aromatic N) is 4. The van der Waals surface area contributed by atoms with E-state index >= 15 is 0 Å². The Kier molecular flexibility index (Phi) is 6.76. The van der Waals surface area contributed by atoms with E-state index in [9.17, 15) is 13.2 Å². The van der Waals surface area contributed by atoms with Crippen LogP contribution in [0.3, 0.4) is 0 Å². The van der Waals surface area contributed by atoms with Crippen molar-refractivity contribution in [3.05, 3.63) is 46.3 Å². The molecule has 5 rings (SSSR count). The SMILES string of the molecule is CN1CCC(N(c2cnn(C)c2)S(=O)(=O)NC(=O)Cc2c3c(cc4c2CC4)CC3)CC1.[NaH]. The number of fused-ring (bicyclic) bond motifs is 2. The Balaban J connectivity index is 0.00000245. The summed E-state index contributed by atoms with van der Waals surface area (Å²) in [5.41, 5.74) is 6.71. The van der Waals surface area contributed by atoms with Crippen LogP contribution in [-0.2, 0) is 54.2 Å². The topological polar surface area (TPSA) is 87.5 Å². The molecule has 1 saturated heterocycles. The summed E-state index contributed by atoms with van der Waals surface area (Å²) in [6.07, 6.45) is 8.85. The number of nitrogens with one attached hydrogen (secondary N) is 1. The summed E-state index contributed by atoms with van der Waals surface area (Å²) >= 11 is 0. The van der Waals surface area contributed by atoms with Crippen molar-refractivity contribution in [1.82, 2.24) is 19.4 Å². The van der Waals surface area contributed by atoms with Gasteiger partial charge in [-0.15, -0.1) is 0 Å². The van der Waals surface area contributed by atoms with E-state index in [1.54, 1.807) is 24.1 Å². The van der Waals surface area contributed by atoms with E-state index in [-0.39, 0.29) is 42.0 Å². The molecule has 0 spiro atoms. The molecule has 0 atom stereocenters. The van der Waals surface area contributed by atoms with E-state index in [1.807, 2.05) is 7.05 Å². The second-order valence-corrected chi connectivity index (χ2v) is 10.6. The van der Waals surface area contributed by atoms with Crippen LogP contribution in [0.15, 0.2) is 18.5 Å². The van der Waals surface area contributed by atoms with E-state index in [1.165, 1.54) is 26.6 Å². The third kappa shape index (κ3) is 4.37. The molecule has 0 radical (unpaired) electrons. The van der Waals surface area contributed by atoms with E-state index < -0.39 is 16.1 Å². The molecule has 168 valence electrons. The van der Waals surface area contributed by atoms with Crippen LogP contribution in [0, 0.1) is 0 Å². The number of carbonyl (C=O) groups is 1. The predicted octanol–water partition coefficient (Wildman–Crippen LogP) is 0.473. The van der Waals surface area contributed by atoms with Crippen LogP contribution in [0.5, 0.6) is 0 Å². The van der Waals surface area contributed by atoms with Crippen LogP contribution in [0.1, 0.15) is 40.7 Å². The van der Waals surface area contributed by atoms with Crippen molar-refractivity contribution >= 4 is 51.4 Å². The minimum atomic E-state index is -4.05. The monoisotopic (exact) mass is 467 g/mol. The van der Waals surface area contributed by atoms with Gasteiger partial charge in [-0.05, 0) is 86.5 Å². The Bertz CT molecular complexity index is 1110. The number of aryl methyl sites for hydroxylation is 3. The van der Waals surface area contributed by atoms with Gasteiger partial charge in [0.15, 0.2) is 0 Å². The number of anilines is 1. The number of likely N-dealkylation sites (tertiary alicyclic amines) is 1. The zero-order valence-electron chi connectivity index (χ0n) is 18.1. The molecule has 0 unspecified atom stereocenters. The van der Waals surface area contributed by atoms with Gasteiger partial charge in [-0.3, -0.25) is 9.48 Å². The second kappa shape index (κ2) is 9.10. The summed E-state index contributed by atoms with van der Waals surface area (Å²) in [7, 11) is -0.256. The van der Waals surface area contributed by atoms with Crippen molar-refractivity contribution in [3.63, 3.8) is 0 Å². The fourth-order valence-corrected chi connectivity index (χ4v) is 6.52. The quantitative estimate of drug-likeness (QED) is 0.625. The molecule has 1 aliphatic heterocycles. The van der Waals surface area contributed by atoms with Crippen molar-refractivity contribution in [1.29, 1.82) is 0 Å². The first-order valence-electron chi connectivity index (χ1n) is 11.0. The summed E-state index contributed by atoms with van der Waals surface area (Å²) in [4.78, 5) is 15.1. The minimum absolute atomic E-state index is 0. The molecule has 1 fully saturated rings. The van der Waals surface area contributed by atoms with Gasteiger partial charge in [0.05, 0.1) is 18.3 Å². The molecule has 1 aromatic carbocycles. The molecule has 2 aliphatic carbocycles. The van der Waals surface area contributed by atoms with Gasteiger partial charge < -0.3 is 4.90 Å². The maximum absolute atomic E-state index is 13.4. The van der Waals surface area contributed by atoms with Crippen LogP contribution in [-0.4, -0.2) is 84.7 Å². The number of piperidine rings is 1. The number of carbonyl (C=O) groups excluding carboxylic acids is 1. The first kappa shape index (κ1) is 23.8. The fraction of sp³-hybridized carbons (Fsp3) is 0.545. The first-order chi connectivity index (χ1) is 14.8. The van der Waals surface area contributed by atoms with Crippen molar-refractivity contribution in [2.75, 3.05) is 24.4 Å². The standard InChI is InChI=1S/C22H29N5O3S.Na.H/c1-25-9-7-17(8-10-25)27(18-13-23-26(2)14-18)31(29,30)24-22(28)12-21-19-5-3-15(19)11-16-4-6-20(16)21;;/h11,13-14,17H,3-10,12H2,1-2H3,(H,24,28);;. The van der Waals surface area contributed by atoms with Crippen LogP contribution < -0.4 is 9.03 Å². The number of amides is 1. The Hall–Kier alpha value is -1.39. The third-order valence-electron chi connectivity index (χ3n) is 6.95. The molecule has 10 heteroatoms. The van der Waals surface area contributed by atoms with Gasteiger partial charge in [0, 0.05) is 19.3 Å². The molecular formula is C22H30N5NaO3S. The second-order valence-electron chi connectivity index (χ2n) is 9.04. The van der Waals surface area contributed by atoms with E-state index in [2.05, 4.69) is 20.8 Å². The zero-order valence-corrected chi connectivity index (χ0v) is 18.9. The van der Waals surface area contributed by atoms with Crippen molar-refractivity contribution in [2.24, 2.45) is 7.05 Å². The molecule has 2 aromatic rings. The summed E-state index contributed by atoms with van der Waals surface area (Å²) in [6, 6.07) is 2.06. The Labute approximate surface area is 211 Å². The number of benzene rings is 1. The van der Waals surface area contributed by atoms with Crippen LogP contribution in [0.25, 0.3) is 0 Å². The van der Waals surface area contributed by atoms with Gasteiger partial charge in [0.25, 0.3) is 0 Å². The fourth-order valence-electron chi connectivity index (χ4n) is 5.09. The summed E-state index contributed by atoms with van der Waals surface area (Å²) in [5.74, 6) is -0.462. The van der Waals surface area contributed by atoms with Crippen LogP contribution >= 0.6 is 0 Å². The average Bonchev–Trinajstić information content (AvgIpc) is 3.05. The number of hydrogen-bond acceptors (Lipinski definition) is 5. The van der Waals surface area contributed by atoms with Gasteiger partial charge in [0.1, 0.15) is 0 Å². The van der Waals surface area contributed by atoms with Gasteiger partial charge in [-0.2, -0.15) is 13.5 Å². The van der Waals surface area contributed by atoms with Crippen LogP contribution in [0.4, 0.5) is 5.69 Å². The van der Waals surface area contributed by atoms with E-state index in [4.69, 9.17) is 0 Å². The number of aromatic nitrogens is 2. The molecular weight excluding hydrogens is 437 g/mol. The van der Waals surface area contributed by atoms with Crippen molar-refractivity contribution in [2.45, 2.75) is 51.0 Å².